The van der Waals surface area contributed by atoms with Crippen LogP contribution in [0.25, 0.3) is 0 Å². The highest BCUT2D eigenvalue weighted by Crippen LogP contribution is 2.27. The van der Waals surface area contributed by atoms with Gasteiger partial charge in [-0.15, -0.1) is 0 Å². The smallest absolute Gasteiger partial charge is 0.0995 e. The molecule has 0 aliphatic carbocycles. The second-order valence-electron chi connectivity index (χ2n) is 4.00. The fourth-order valence-electron chi connectivity index (χ4n) is 1.92. The quantitative estimate of drug-likeness (QED) is 0.714. The van der Waals surface area contributed by atoms with Crippen molar-refractivity contribution in [2.75, 3.05) is 13.1 Å². The lowest BCUT2D eigenvalue weighted by Crippen LogP contribution is -2.33. The third kappa shape index (κ3) is 1.94. The van der Waals surface area contributed by atoms with E-state index < -0.39 is 5.60 Å². The van der Waals surface area contributed by atoms with Crippen LogP contribution in [0.2, 0.25) is 0 Å². The largest absolute Gasteiger partial charge is 0.384 e. The Hall–Kier alpha value is -0.130. The highest BCUT2D eigenvalue weighted by atomic mass is 127. The molecular formula is C11H14INO. The summed E-state index contributed by atoms with van der Waals surface area (Å²) in [4.78, 5) is 0. The third-order valence-corrected chi connectivity index (χ3v) is 3.36. The van der Waals surface area contributed by atoms with Crippen LogP contribution in [0.5, 0.6) is 0 Å². The van der Waals surface area contributed by atoms with Crippen LogP contribution < -0.4 is 5.32 Å². The number of aliphatic hydroxyl groups is 1. The van der Waals surface area contributed by atoms with E-state index in [0.29, 0.717) is 6.54 Å². The maximum atomic E-state index is 10.3. The van der Waals surface area contributed by atoms with Gasteiger partial charge in [0.25, 0.3) is 0 Å². The Balaban J connectivity index is 2.52. The normalized spacial score (nSPS) is 26.8. The van der Waals surface area contributed by atoms with Gasteiger partial charge in [-0.1, -0.05) is 6.07 Å². The summed E-state index contributed by atoms with van der Waals surface area (Å²) in [6, 6.07) is 6.31. The maximum absolute atomic E-state index is 10.3. The van der Waals surface area contributed by atoms with E-state index in [0.717, 1.165) is 18.5 Å². The Morgan fingerprint density at radius 3 is 3.07 bits per heavy atom. The first-order valence-corrected chi connectivity index (χ1v) is 5.89. The van der Waals surface area contributed by atoms with E-state index in [1.54, 1.807) is 0 Å². The van der Waals surface area contributed by atoms with Gasteiger partial charge in [0.15, 0.2) is 0 Å². The van der Waals surface area contributed by atoms with Crippen LogP contribution >= 0.6 is 22.6 Å². The van der Waals surface area contributed by atoms with Gasteiger partial charge in [-0.25, -0.2) is 0 Å². The molecule has 1 aliphatic rings. The van der Waals surface area contributed by atoms with Crippen LogP contribution in [0.3, 0.4) is 0 Å². The van der Waals surface area contributed by atoms with E-state index in [1.807, 2.05) is 6.92 Å². The van der Waals surface area contributed by atoms with Crippen LogP contribution in [-0.4, -0.2) is 18.2 Å². The standard InChI is InChI=1S/C11H14INO/c1-11(14)7-13-5-4-8-2-3-9(12)6-10(8)11/h2-3,6,13-14H,4-5,7H2,1H3. The van der Waals surface area contributed by atoms with Gasteiger partial charge in [-0.05, 0) is 65.7 Å². The third-order valence-electron chi connectivity index (χ3n) is 2.69. The molecule has 0 bridgehead atoms. The molecule has 0 amide bonds. The van der Waals surface area contributed by atoms with E-state index >= 15 is 0 Å². The van der Waals surface area contributed by atoms with Crippen LogP contribution in [0, 0.1) is 3.57 Å². The molecule has 2 N–H and O–H groups in total. The first-order valence-electron chi connectivity index (χ1n) is 4.81. The molecule has 0 spiro atoms. The average molecular weight is 303 g/mol. The molecule has 1 aromatic carbocycles. The van der Waals surface area contributed by atoms with Gasteiger partial charge in [0.1, 0.15) is 0 Å². The molecule has 0 saturated heterocycles. The zero-order valence-electron chi connectivity index (χ0n) is 8.18. The summed E-state index contributed by atoms with van der Waals surface area (Å²) in [6.07, 6.45) is 1.00. The lowest BCUT2D eigenvalue weighted by Gasteiger charge is -2.24. The van der Waals surface area contributed by atoms with Crippen molar-refractivity contribution >= 4 is 22.6 Å². The average Bonchev–Trinajstić information content (AvgIpc) is 2.26. The van der Waals surface area contributed by atoms with Gasteiger partial charge < -0.3 is 10.4 Å². The van der Waals surface area contributed by atoms with E-state index in [4.69, 9.17) is 0 Å². The molecule has 0 aromatic heterocycles. The molecular weight excluding hydrogens is 289 g/mol. The van der Waals surface area contributed by atoms with Crippen molar-refractivity contribution in [2.45, 2.75) is 18.9 Å². The summed E-state index contributed by atoms with van der Waals surface area (Å²) in [7, 11) is 0. The van der Waals surface area contributed by atoms with Crippen molar-refractivity contribution in [2.24, 2.45) is 0 Å². The Morgan fingerprint density at radius 2 is 2.29 bits per heavy atom. The maximum Gasteiger partial charge on any atom is 0.0995 e. The molecule has 1 heterocycles. The van der Waals surface area contributed by atoms with Gasteiger partial charge in [-0.2, -0.15) is 0 Å². The van der Waals surface area contributed by atoms with Gasteiger partial charge in [-0.3, -0.25) is 0 Å². The van der Waals surface area contributed by atoms with Gasteiger partial charge in [0.05, 0.1) is 5.60 Å². The summed E-state index contributed by atoms with van der Waals surface area (Å²) in [5.74, 6) is 0. The molecule has 3 heteroatoms. The minimum Gasteiger partial charge on any atom is -0.384 e. The summed E-state index contributed by atoms with van der Waals surface area (Å²) >= 11 is 2.28. The topological polar surface area (TPSA) is 32.3 Å². The highest BCUT2D eigenvalue weighted by Gasteiger charge is 2.27. The molecule has 1 unspecified atom stereocenters. The van der Waals surface area contributed by atoms with Crippen molar-refractivity contribution in [1.29, 1.82) is 0 Å². The fraction of sp³-hybridized carbons (Fsp3) is 0.455. The summed E-state index contributed by atoms with van der Waals surface area (Å²) in [6.45, 7) is 3.46. The second kappa shape index (κ2) is 3.79. The molecule has 1 aromatic rings. The number of nitrogens with one attached hydrogen (secondary N) is 1. The number of rotatable bonds is 0. The molecule has 2 nitrogen and oxygen atoms in total. The molecule has 14 heavy (non-hydrogen) atoms. The Morgan fingerprint density at radius 1 is 1.50 bits per heavy atom. The van der Waals surface area contributed by atoms with Crippen LogP contribution in [0.15, 0.2) is 18.2 Å². The van der Waals surface area contributed by atoms with E-state index in [-0.39, 0.29) is 0 Å². The van der Waals surface area contributed by atoms with Gasteiger partial charge >= 0.3 is 0 Å². The molecule has 0 saturated carbocycles. The fourth-order valence-corrected chi connectivity index (χ4v) is 2.41. The lowest BCUT2D eigenvalue weighted by molar-refractivity contribution is 0.0594. The van der Waals surface area contributed by atoms with Crippen molar-refractivity contribution in [3.8, 4) is 0 Å². The number of fused-ring (bicyclic) bond motifs is 1. The second-order valence-corrected chi connectivity index (χ2v) is 5.25. The number of hydrogen-bond acceptors (Lipinski definition) is 2. The van der Waals surface area contributed by atoms with Crippen molar-refractivity contribution in [1.82, 2.24) is 5.32 Å². The lowest BCUT2D eigenvalue weighted by atomic mass is 9.91. The molecule has 0 radical (unpaired) electrons. The van der Waals surface area contributed by atoms with Crippen molar-refractivity contribution < 1.29 is 5.11 Å². The molecule has 2 rings (SSSR count). The Kier molecular flexibility index (Phi) is 2.81. The van der Waals surface area contributed by atoms with E-state index in [2.05, 4.69) is 46.1 Å². The number of halogens is 1. The number of hydrogen-bond donors (Lipinski definition) is 2. The first-order chi connectivity index (χ1) is 6.59. The molecule has 1 aliphatic heterocycles. The molecule has 0 fully saturated rings. The predicted molar refractivity (Wildman–Crippen MR) is 65.3 cm³/mol. The van der Waals surface area contributed by atoms with Gasteiger partial charge in [0.2, 0.25) is 0 Å². The Labute approximate surface area is 97.9 Å². The summed E-state index contributed by atoms with van der Waals surface area (Å²) in [5.41, 5.74) is 1.61. The highest BCUT2D eigenvalue weighted by molar-refractivity contribution is 14.1. The first kappa shape index (κ1) is 10.4. The zero-order chi connectivity index (χ0) is 10.2. The van der Waals surface area contributed by atoms with Crippen molar-refractivity contribution in [3.05, 3.63) is 32.9 Å². The SMILES string of the molecule is CC1(O)CNCCc2ccc(I)cc21. The summed E-state index contributed by atoms with van der Waals surface area (Å²) < 4.78 is 1.18. The number of β-amino-alcohol motifs (C(OH)–C–C–N with tert-alkyl or cyclic N) is 1. The van der Waals surface area contributed by atoms with Crippen LogP contribution in [0.4, 0.5) is 0 Å². The Bertz CT molecular complexity index is 349. The van der Waals surface area contributed by atoms with Crippen molar-refractivity contribution in [3.63, 3.8) is 0 Å². The number of benzene rings is 1. The zero-order valence-corrected chi connectivity index (χ0v) is 10.3. The van der Waals surface area contributed by atoms with Crippen LogP contribution in [-0.2, 0) is 12.0 Å². The predicted octanol–water partition coefficient (Wildman–Crippen LogP) is 1.64. The molecule has 76 valence electrons. The minimum atomic E-state index is -0.729. The molecule has 1 atom stereocenters. The minimum absolute atomic E-state index is 0.639. The van der Waals surface area contributed by atoms with Crippen LogP contribution in [0.1, 0.15) is 18.1 Å². The van der Waals surface area contributed by atoms with E-state index in [1.165, 1.54) is 9.13 Å². The summed E-state index contributed by atoms with van der Waals surface area (Å²) in [5, 5.41) is 13.5. The van der Waals surface area contributed by atoms with E-state index in [9.17, 15) is 5.11 Å². The monoisotopic (exact) mass is 303 g/mol. The van der Waals surface area contributed by atoms with Gasteiger partial charge in [0, 0.05) is 10.1 Å².